The van der Waals surface area contributed by atoms with Crippen molar-refractivity contribution in [2.24, 2.45) is 0 Å². The molecule has 0 aliphatic rings. The molecule has 1 atom stereocenters. The molecule has 0 spiro atoms. The number of nitrogens with zero attached hydrogens (tertiary/aromatic N) is 1. The quantitative estimate of drug-likeness (QED) is 0.551. The van der Waals surface area contributed by atoms with Crippen LogP contribution in [0.3, 0.4) is 0 Å². The van der Waals surface area contributed by atoms with Gasteiger partial charge in [-0.2, -0.15) is 0 Å². The lowest BCUT2D eigenvalue weighted by Crippen LogP contribution is -2.33. The van der Waals surface area contributed by atoms with Crippen molar-refractivity contribution in [2.45, 2.75) is 32.2 Å². The van der Waals surface area contributed by atoms with Crippen LogP contribution in [0.1, 0.15) is 25.3 Å². The van der Waals surface area contributed by atoms with Crippen molar-refractivity contribution in [3.8, 4) is 0 Å². The molecule has 0 aliphatic carbocycles. The van der Waals surface area contributed by atoms with E-state index in [1.54, 1.807) is 19.2 Å². The van der Waals surface area contributed by atoms with Gasteiger partial charge < -0.3 is 10.1 Å². The summed E-state index contributed by atoms with van der Waals surface area (Å²) in [4.78, 5) is 10.6. The third-order valence-corrected chi connectivity index (χ3v) is 3.05. The number of para-hydroxylation sites is 1. The molecule has 1 rings (SSSR count). The van der Waals surface area contributed by atoms with Crippen LogP contribution in [0.4, 0.5) is 5.69 Å². The zero-order chi connectivity index (χ0) is 14.1. The molecule has 0 aliphatic heterocycles. The van der Waals surface area contributed by atoms with E-state index in [1.165, 1.54) is 0 Å². The third kappa shape index (κ3) is 5.36. The molecular weight excluding hydrogens is 244 g/mol. The third-order valence-electron chi connectivity index (χ3n) is 3.05. The second-order valence-corrected chi connectivity index (χ2v) is 4.49. The van der Waals surface area contributed by atoms with Crippen LogP contribution in [0.2, 0.25) is 0 Å². The molecule has 1 aromatic carbocycles. The molecule has 1 N–H and O–H groups in total. The van der Waals surface area contributed by atoms with Gasteiger partial charge in [0.05, 0.1) is 11.5 Å². The molecule has 0 bridgehead atoms. The van der Waals surface area contributed by atoms with Crippen LogP contribution in [0, 0.1) is 10.1 Å². The molecule has 0 amide bonds. The highest BCUT2D eigenvalue weighted by atomic mass is 16.6. The van der Waals surface area contributed by atoms with Gasteiger partial charge in [0.25, 0.3) is 5.69 Å². The maximum atomic E-state index is 10.9. The van der Waals surface area contributed by atoms with E-state index >= 15 is 0 Å². The Hall–Kier alpha value is -1.46. The van der Waals surface area contributed by atoms with Crippen molar-refractivity contribution in [3.05, 3.63) is 39.9 Å². The van der Waals surface area contributed by atoms with Crippen molar-refractivity contribution in [1.29, 1.82) is 0 Å². The van der Waals surface area contributed by atoms with E-state index in [0.717, 1.165) is 31.4 Å². The number of benzene rings is 1. The summed E-state index contributed by atoms with van der Waals surface area (Å²) in [5, 5.41) is 14.2. The first-order chi connectivity index (χ1) is 9.19. The summed E-state index contributed by atoms with van der Waals surface area (Å²) in [5.74, 6) is 0. The monoisotopic (exact) mass is 266 g/mol. The van der Waals surface area contributed by atoms with Crippen LogP contribution in [0.15, 0.2) is 24.3 Å². The predicted octanol–water partition coefficient (Wildman–Crippen LogP) is 2.54. The molecule has 1 aromatic rings. The standard InChI is InChI=1S/C14H22N2O3/c1-3-15-13(11-19-2)9-6-8-12-7-4-5-10-14(12)16(17)18/h4-5,7,10,13,15H,3,6,8-9,11H2,1-2H3. The molecule has 0 aromatic heterocycles. The Kier molecular flexibility index (Phi) is 7.07. The van der Waals surface area contributed by atoms with Gasteiger partial charge >= 0.3 is 0 Å². The van der Waals surface area contributed by atoms with Gasteiger partial charge in [0.1, 0.15) is 0 Å². The lowest BCUT2D eigenvalue weighted by atomic mass is 10.0. The zero-order valence-corrected chi connectivity index (χ0v) is 11.6. The highest BCUT2D eigenvalue weighted by Crippen LogP contribution is 2.19. The first-order valence-corrected chi connectivity index (χ1v) is 6.63. The normalized spacial score (nSPS) is 12.3. The molecule has 5 heteroatoms. The van der Waals surface area contributed by atoms with Gasteiger partial charge in [-0.15, -0.1) is 0 Å². The lowest BCUT2D eigenvalue weighted by molar-refractivity contribution is -0.385. The SMILES string of the molecule is CCNC(CCCc1ccccc1[N+](=O)[O-])COC. The summed E-state index contributed by atoms with van der Waals surface area (Å²) < 4.78 is 5.15. The molecule has 0 saturated heterocycles. The number of nitrogens with one attached hydrogen (secondary N) is 1. The average Bonchev–Trinajstić information content (AvgIpc) is 2.39. The fourth-order valence-corrected chi connectivity index (χ4v) is 2.17. The van der Waals surface area contributed by atoms with Crippen molar-refractivity contribution >= 4 is 5.69 Å². The van der Waals surface area contributed by atoms with Crippen LogP contribution in [-0.4, -0.2) is 31.2 Å². The van der Waals surface area contributed by atoms with Crippen LogP contribution in [0.25, 0.3) is 0 Å². The van der Waals surface area contributed by atoms with Crippen molar-refractivity contribution in [3.63, 3.8) is 0 Å². The fraction of sp³-hybridized carbons (Fsp3) is 0.571. The molecule has 0 heterocycles. The minimum absolute atomic E-state index is 0.217. The number of nitro benzene ring substituents is 1. The number of aryl methyl sites for hydroxylation is 1. The van der Waals surface area contributed by atoms with Gasteiger partial charge in [0, 0.05) is 24.8 Å². The van der Waals surface area contributed by atoms with Crippen LogP contribution >= 0.6 is 0 Å². The van der Waals surface area contributed by atoms with E-state index in [1.807, 2.05) is 12.1 Å². The van der Waals surface area contributed by atoms with E-state index < -0.39 is 0 Å². The molecule has 1 unspecified atom stereocenters. The molecule has 19 heavy (non-hydrogen) atoms. The van der Waals surface area contributed by atoms with Crippen molar-refractivity contribution in [2.75, 3.05) is 20.3 Å². The van der Waals surface area contributed by atoms with Crippen molar-refractivity contribution < 1.29 is 9.66 Å². The van der Waals surface area contributed by atoms with E-state index in [-0.39, 0.29) is 10.6 Å². The maximum absolute atomic E-state index is 10.9. The molecule has 5 nitrogen and oxygen atoms in total. The highest BCUT2D eigenvalue weighted by Gasteiger charge is 2.13. The highest BCUT2D eigenvalue weighted by molar-refractivity contribution is 5.39. The smallest absolute Gasteiger partial charge is 0.272 e. The van der Waals surface area contributed by atoms with Gasteiger partial charge in [-0.05, 0) is 25.8 Å². The molecule has 0 saturated carbocycles. The molecule has 0 radical (unpaired) electrons. The Balaban J connectivity index is 2.50. The van der Waals surface area contributed by atoms with E-state index in [4.69, 9.17) is 4.74 Å². The maximum Gasteiger partial charge on any atom is 0.272 e. The molecular formula is C14H22N2O3. The second-order valence-electron chi connectivity index (χ2n) is 4.49. The Morgan fingerprint density at radius 1 is 1.42 bits per heavy atom. The number of likely N-dealkylation sites (N-methyl/N-ethyl adjacent to an activating group) is 1. The summed E-state index contributed by atoms with van der Waals surface area (Å²) in [5.41, 5.74) is 1.02. The number of hydrogen-bond donors (Lipinski definition) is 1. The number of hydrogen-bond acceptors (Lipinski definition) is 4. The molecule has 0 fully saturated rings. The number of ether oxygens (including phenoxy) is 1. The van der Waals surface area contributed by atoms with Gasteiger partial charge in [-0.25, -0.2) is 0 Å². The second kappa shape index (κ2) is 8.61. The van der Waals surface area contributed by atoms with Crippen molar-refractivity contribution in [1.82, 2.24) is 5.32 Å². The summed E-state index contributed by atoms with van der Waals surface area (Å²) in [6, 6.07) is 7.26. The van der Waals surface area contributed by atoms with Gasteiger partial charge in [-0.1, -0.05) is 25.1 Å². The van der Waals surface area contributed by atoms with E-state index in [0.29, 0.717) is 12.6 Å². The largest absolute Gasteiger partial charge is 0.383 e. The zero-order valence-electron chi connectivity index (χ0n) is 11.6. The first-order valence-electron chi connectivity index (χ1n) is 6.63. The number of rotatable bonds is 9. The summed E-state index contributed by atoms with van der Waals surface area (Å²) in [6.07, 6.45) is 2.59. The number of methoxy groups -OCH3 is 1. The van der Waals surface area contributed by atoms with Crippen LogP contribution in [0.5, 0.6) is 0 Å². The summed E-state index contributed by atoms with van der Waals surface area (Å²) in [6.45, 7) is 3.63. The minimum atomic E-state index is -0.313. The Bertz CT molecular complexity index is 390. The minimum Gasteiger partial charge on any atom is -0.383 e. The van der Waals surface area contributed by atoms with Crippen LogP contribution in [-0.2, 0) is 11.2 Å². The Labute approximate surface area is 114 Å². The van der Waals surface area contributed by atoms with E-state index in [9.17, 15) is 10.1 Å². The average molecular weight is 266 g/mol. The Morgan fingerprint density at radius 2 is 2.16 bits per heavy atom. The van der Waals surface area contributed by atoms with Gasteiger partial charge in [0.2, 0.25) is 0 Å². The molecule has 106 valence electrons. The lowest BCUT2D eigenvalue weighted by Gasteiger charge is -2.16. The predicted molar refractivity (Wildman–Crippen MR) is 75.4 cm³/mol. The van der Waals surface area contributed by atoms with E-state index in [2.05, 4.69) is 12.2 Å². The number of nitro groups is 1. The van der Waals surface area contributed by atoms with Crippen LogP contribution < -0.4 is 5.32 Å². The fourth-order valence-electron chi connectivity index (χ4n) is 2.17. The Morgan fingerprint density at radius 3 is 2.79 bits per heavy atom. The van der Waals surface area contributed by atoms with Gasteiger partial charge in [-0.3, -0.25) is 10.1 Å². The summed E-state index contributed by atoms with van der Waals surface area (Å²) in [7, 11) is 1.69. The summed E-state index contributed by atoms with van der Waals surface area (Å²) >= 11 is 0. The van der Waals surface area contributed by atoms with Gasteiger partial charge in [0.15, 0.2) is 0 Å². The topological polar surface area (TPSA) is 64.4 Å². The first kappa shape index (κ1) is 15.6.